The largest absolute Gasteiger partial charge is 0.300 e. The lowest BCUT2D eigenvalue weighted by molar-refractivity contribution is 0.257. The molecule has 1 rings (SSSR count). The second-order valence-electron chi connectivity index (χ2n) is 4.79. The van der Waals surface area contributed by atoms with Gasteiger partial charge in [-0.2, -0.15) is 5.26 Å². The highest BCUT2D eigenvalue weighted by Gasteiger charge is 2.11. The van der Waals surface area contributed by atoms with Gasteiger partial charge < -0.3 is 0 Å². The van der Waals surface area contributed by atoms with E-state index in [1.165, 1.54) is 18.4 Å². The van der Waals surface area contributed by atoms with Crippen molar-refractivity contribution in [3.05, 3.63) is 29.6 Å². The summed E-state index contributed by atoms with van der Waals surface area (Å²) in [6.07, 6.45) is 7.59. The Balaban J connectivity index is 2.67. The Kier molecular flexibility index (Phi) is 6.38. The van der Waals surface area contributed by atoms with Crippen molar-refractivity contribution in [3.63, 3.8) is 0 Å². The summed E-state index contributed by atoms with van der Waals surface area (Å²) < 4.78 is 0. The summed E-state index contributed by atoms with van der Waals surface area (Å²) in [4.78, 5) is 6.64. The Hall–Kier alpha value is -1.40. The molecule has 0 fully saturated rings. The van der Waals surface area contributed by atoms with Crippen molar-refractivity contribution in [2.45, 2.75) is 45.6 Å². The quantitative estimate of drug-likeness (QED) is 0.739. The van der Waals surface area contributed by atoms with Gasteiger partial charge in [-0.05, 0) is 44.5 Å². The van der Waals surface area contributed by atoms with Crippen LogP contribution in [0.15, 0.2) is 18.5 Å². The van der Waals surface area contributed by atoms with E-state index in [1.807, 2.05) is 12.4 Å². The second-order valence-corrected chi connectivity index (χ2v) is 4.79. The van der Waals surface area contributed by atoms with E-state index in [9.17, 15) is 0 Å². The number of pyridine rings is 1. The van der Waals surface area contributed by atoms with Gasteiger partial charge in [-0.15, -0.1) is 0 Å². The van der Waals surface area contributed by atoms with Crippen LogP contribution < -0.4 is 0 Å². The topological polar surface area (TPSA) is 39.9 Å². The maximum atomic E-state index is 8.61. The normalized spacial score (nSPS) is 12.4. The Bertz CT molecular complexity index is 395. The van der Waals surface area contributed by atoms with Gasteiger partial charge in [0.05, 0.1) is 6.07 Å². The van der Waals surface area contributed by atoms with E-state index in [4.69, 9.17) is 5.26 Å². The molecule has 1 aromatic rings. The van der Waals surface area contributed by atoms with Gasteiger partial charge in [0, 0.05) is 24.9 Å². The predicted molar refractivity (Wildman–Crippen MR) is 74.1 cm³/mol. The van der Waals surface area contributed by atoms with Crippen molar-refractivity contribution >= 4 is 0 Å². The van der Waals surface area contributed by atoms with Crippen molar-refractivity contribution < 1.29 is 0 Å². The van der Waals surface area contributed by atoms with Crippen molar-refractivity contribution in [3.8, 4) is 6.07 Å². The van der Waals surface area contributed by atoms with Gasteiger partial charge in [0.2, 0.25) is 0 Å². The number of aromatic nitrogens is 1. The van der Waals surface area contributed by atoms with Gasteiger partial charge in [-0.25, -0.2) is 0 Å². The summed E-state index contributed by atoms with van der Waals surface area (Å²) >= 11 is 0. The molecule has 0 aromatic carbocycles. The van der Waals surface area contributed by atoms with Gasteiger partial charge in [-0.1, -0.05) is 19.4 Å². The number of hydrogen-bond donors (Lipinski definition) is 0. The third-order valence-electron chi connectivity index (χ3n) is 3.35. The summed E-state index contributed by atoms with van der Waals surface area (Å²) in [5.41, 5.74) is 2.40. The fourth-order valence-electron chi connectivity index (χ4n) is 1.93. The van der Waals surface area contributed by atoms with Crippen LogP contribution in [0.5, 0.6) is 0 Å². The van der Waals surface area contributed by atoms with Crippen LogP contribution in [0.3, 0.4) is 0 Å². The van der Waals surface area contributed by atoms with Crippen LogP contribution in [-0.4, -0.2) is 23.5 Å². The molecule has 0 bridgehead atoms. The van der Waals surface area contributed by atoms with E-state index in [2.05, 4.69) is 42.9 Å². The molecule has 0 saturated heterocycles. The summed E-state index contributed by atoms with van der Waals surface area (Å²) in [7, 11) is 2.16. The molecule has 0 amide bonds. The van der Waals surface area contributed by atoms with E-state index < -0.39 is 0 Å². The molecule has 0 unspecified atom stereocenters. The minimum Gasteiger partial charge on any atom is -0.300 e. The first-order valence-electron chi connectivity index (χ1n) is 6.70. The lowest BCUT2D eigenvalue weighted by atomic mass is 10.1. The van der Waals surface area contributed by atoms with E-state index in [0.29, 0.717) is 12.5 Å². The number of rotatable bonds is 7. The second kappa shape index (κ2) is 7.84. The fourth-order valence-corrected chi connectivity index (χ4v) is 1.93. The molecule has 18 heavy (non-hydrogen) atoms. The lowest BCUT2D eigenvalue weighted by Crippen LogP contribution is -2.23. The summed E-state index contributed by atoms with van der Waals surface area (Å²) in [5, 5.41) is 8.61. The Morgan fingerprint density at radius 3 is 2.89 bits per heavy atom. The first-order valence-corrected chi connectivity index (χ1v) is 6.70. The van der Waals surface area contributed by atoms with Crippen molar-refractivity contribution in [1.29, 1.82) is 5.26 Å². The number of aryl methyl sites for hydroxylation is 1. The van der Waals surface area contributed by atoms with Crippen LogP contribution >= 0.6 is 0 Å². The fraction of sp³-hybridized carbons (Fsp3) is 0.600. The van der Waals surface area contributed by atoms with Crippen LogP contribution in [0.25, 0.3) is 0 Å². The third-order valence-corrected chi connectivity index (χ3v) is 3.35. The van der Waals surface area contributed by atoms with Crippen LogP contribution in [-0.2, 0) is 6.42 Å². The average molecular weight is 245 g/mol. The zero-order valence-electron chi connectivity index (χ0n) is 11.7. The van der Waals surface area contributed by atoms with Gasteiger partial charge >= 0.3 is 0 Å². The highest BCUT2D eigenvalue weighted by molar-refractivity contribution is 5.21. The molecule has 0 aliphatic heterocycles. The number of nitrogens with zero attached hydrogens (tertiary/aromatic N) is 3. The van der Waals surface area contributed by atoms with Gasteiger partial charge in [0.1, 0.15) is 0 Å². The van der Waals surface area contributed by atoms with E-state index in [1.54, 1.807) is 0 Å². The molecule has 3 heteroatoms. The molecule has 0 saturated carbocycles. The minimum absolute atomic E-state index is 0.381. The predicted octanol–water partition coefficient (Wildman–Crippen LogP) is 3.33. The smallest absolute Gasteiger partial charge is 0.0625 e. The molecule has 3 nitrogen and oxygen atoms in total. The van der Waals surface area contributed by atoms with Crippen LogP contribution in [0.1, 0.15) is 50.3 Å². The number of unbranched alkanes of at least 4 members (excludes halogenated alkanes) is 1. The van der Waals surface area contributed by atoms with E-state index in [-0.39, 0.29) is 0 Å². The molecular formula is C15H23N3. The zero-order chi connectivity index (χ0) is 13.4. The van der Waals surface area contributed by atoms with Gasteiger partial charge in [0.25, 0.3) is 0 Å². The van der Waals surface area contributed by atoms with Crippen LogP contribution in [0, 0.1) is 11.3 Å². The third kappa shape index (κ3) is 4.46. The molecular weight excluding hydrogens is 222 g/mol. The molecule has 1 heterocycles. The zero-order valence-corrected chi connectivity index (χ0v) is 11.7. The molecule has 0 spiro atoms. The summed E-state index contributed by atoms with van der Waals surface area (Å²) in [6, 6.07) is 4.74. The maximum Gasteiger partial charge on any atom is 0.0625 e. The van der Waals surface area contributed by atoms with Crippen molar-refractivity contribution in [2.75, 3.05) is 13.6 Å². The SMILES string of the molecule is CCCCN(C)[C@@H](C)c1cncc(CCC#N)c1. The molecule has 98 valence electrons. The minimum atomic E-state index is 0.381. The van der Waals surface area contributed by atoms with Crippen LogP contribution in [0.2, 0.25) is 0 Å². The Labute approximate surface area is 110 Å². The monoisotopic (exact) mass is 245 g/mol. The lowest BCUT2D eigenvalue weighted by Gasteiger charge is -2.24. The van der Waals surface area contributed by atoms with Crippen molar-refractivity contribution in [1.82, 2.24) is 9.88 Å². The summed E-state index contributed by atoms with van der Waals surface area (Å²) in [5.74, 6) is 0. The van der Waals surface area contributed by atoms with Gasteiger partial charge in [0.15, 0.2) is 0 Å². The maximum absolute atomic E-state index is 8.61. The average Bonchev–Trinajstić information content (AvgIpc) is 2.42. The van der Waals surface area contributed by atoms with Crippen molar-refractivity contribution in [2.24, 2.45) is 0 Å². The molecule has 1 aromatic heterocycles. The molecule has 1 atom stereocenters. The van der Waals surface area contributed by atoms with E-state index >= 15 is 0 Å². The highest BCUT2D eigenvalue weighted by Crippen LogP contribution is 2.19. The van der Waals surface area contributed by atoms with Gasteiger partial charge in [-0.3, -0.25) is 9.88 Å². The molecule has 0 aliphatic rings. The van der Waals surface area contributed by atoms with Crippen LogP contribution in [0.4, 0.5) is 0 Å². The highest BCUT2D eigenvalue weighted by atomic mass is 15.1. The number of nitriles is 1. The van der Waals surface area contributed by atoms with E-state index in [0.717, 1.165) is 18.5 Å². The Morgan fingerprint density at radius 1 is 1.44 bits per heavy atom. The first kappa shape index (κ1) is 14.7. The molecule has 0 radical (unpaired) electrons. The number of hydrogen-bond acceptors (Lipinski definition) is 3. The molecule has 0 N–H and O–H groups in total. The summed E-state index contributed by atoms with van der Waals surface area (Å²) in [6.45, 7) is 5.53. The Morgan fingerprint density at radius 2 is 2.22 bits per heavy atom. The molecule has 0 aliphatic carbocycles. The first-order chi connectivity index (χ1) is 8.69. The standard InChI is InChI=1S/C15H23N3/c1-4-5-9-18(3)13(2)15-10-14(7-6-8-16)11-17-12-15/h10-13H,4-7,9H2,1-3H3/t13-/m0/s1.